The summed E-state index contributed by atoms with van der Waals surface area (Å²) in [4.78, 5) is 28.3. The van der Waals surface area contributed by atoms with E-state index in [1.165, 1.54) is 29.2 Å². The number of hydrogen-bond donors (Lipinski definition) is 0. The number of ether oxygens (including phenoxy) is 1. The molecule has 2 aromatic heterocycles. The van der Waals surface area contributed by atoms with Gasteiger partial charge in [0.05, 0.1) is 16.9 Å². The van der Waals surface area contributed by atoms with E-state index >= 15 is 0 Å². The van der Waals surface area contributed by atoms with Crippen LogP contribution in [0.25, 0.3) is 10.2 Å². The molecule has 134 valence electrons. The van der Waals surface area contributed by atoms with Gasteiger partial charge in [0.25, 0.3) is 5.56 Å². The van der Waals surface area contributed by atoms with Gasteiger partial charge in [-0.05, 0) is 17.5 Å². The summed E-state index contributed by atoms with van der Waals surface area (Å²) >= 11 is 2.78. The van der Waals surface area contributed by atoms with Crippen molar-refractivity contribution in [3.63, 3.8) is 0 Å². The van der Waals surface area contributed by atoms with Crippen molar-refractivity contribution in [2.24, 2.45) is 0 Å². The van der Waals surface area contributed by atoms with Crippen LogP contribution in [0.15, 0.2) is 58.3 Å². The summed E-state index contributed by atoms with van der Waals surface area (Å²) in [6, 6.07) is 8.00. The van der Waals surface area contributed by atoms with Crippen LogP contribution in [0.3, 0.4) is 0 Å². The number of nitrogens with zero attached hydrogens (tertiary/aromatic N) is 3. The summed E-state index contributed by atoms with van der Waals surface area (Å²) in [6.45, 7) is 4.30. The molecule has 9 heteroatoms. The lowest BCUT2D eigenvalue weighted by Crippen LogP contribution is -2.22. The lowest BCUT2D eigenvalue weighted by atomic mass is 10.3. The highest BCUT2D eigenvalue weighted by atomic mass is 32.2. The van der Waals surface area contributed by atoms with E-state index in [-0.39, 0.29) is 23.6 Å². The molecule has 0 unspecified atom stereocenters. The molecule has 0 bridgehead atoms. The second-order valence-electron chi connectivity index (χ2n) is 5.16. The predicted octanol–water partition coefficient (Wildman–Crippen LogP) is 3.72. The minimum Gasteiger partial charge on any atom is -0.486 e. The molecule has 7 nitrogen and oxygen atoms in total. The maximum atomic E-state index is 12.5. The molecule has 0 amide bonds. The number of rotatable bonds is 8. The maximum absolute atomic E-state index is 12.5. The molecule has 3 rings (SSSR count). The molecule has 1 aromatic carbocycles. The van der Waals surface area contributed by atoms with Crippen LogP contribution < -0.4 is 10.3 Å². The van der Waals surface area contributed by atoms with E-state index in [2.05, 4.69) is 11.6 Å². The van der Waals surface area contributed by atoms with Crippen LogP contribution in [0.4, 0.5) is 5.69 Å². The first kappa shape index (κ1) is 18.2. The average Bonchev–Trinajstić information content (AvgIpc) is 3.10. The number of nitro benzene ring substituents is 1. The predicted molar refractivity (Wildman–Crippen MR) is 103 cm³/mol. The van der Waals surface area contributed by atoms with E-state index in [1.807, 2.05) is 5.38 Å². The van der Waals surface area contributed by atoms with Crippen molar-refractivity contribution in [1.82, 2.24) is 9.55 Å². The number of thiophene rings is 1. The average molecular weight is 389 g/mol. The molecule has 0 fully saturated rings. The Balaban J connectivity index is 1.72. The number of hydrogen-bond acceptors (Lipinski definition) is 7. The van der Waals surface area contributed by atoms with E-state index in [0.717, 1.165) is 0 Å². The van der Waals surface area contributed by atoms with Crippen molar-refractivity contribution in [2.45, 2.75) is 11.7 Å². The summed E-state index contributed by atoms with van der Waals surface area (Å²) in [5.41, 5.74) is -0.169. The number of thioether (sulfide) groups is 1. The molecular weight excluding hydrogens is 374 g/mol. The molecule has 26 heavy (non-hydrogen) atoms. The highest BCUT2D eigenvalue weighted by molar-refractivity contribution is 7.99. The maximum Gasteiger partial charge on any atom is 0.310 e. The second-order valence-corrected chi connectivity index (χ2v) is 7.12. The van der Waals surface area contributed by atoms with E-state index in [4.69, 9.17) is 4.74 Å². The van der Waals surface area contributed by atoms with Crippen LogP contribution in [0.5, 0.6) is 5.75 Å². The van der Waals surface area contributed by atoms with Crippen molar-refractivity contribution in [2.75, 3.05) is 12.4 Å². The molecule has 0 aliphatic heterocycles. The Morgan fingerprint density at radius 3 is 2.96 bits per heavy atom. The molecular formula is C17H15N3O4S2. The first-order chi connectivity index (χ1) is 12.6. The number of aromatic nitrogens is 2. The summed E-state index contributed by atoms with van der Waals surface area (Å²) in [5, 5.41) is 14.0. The third-order valence-electron chi connectivity index (χ3n) is 3.49. The van der Waals surface area contributed by atoms with Crippen LogP contribution in [0.2, 0.25) is 0 Å². The molecule has 0 saturated heterocycles. The Morgan fingerprint density at radius 2 is 2.19 bits per heavy atom. The van der Waals surface area contributed by atoms with Crippen LogP contribution in [-0.2, 0) is 6.54 Å². The lowest BCUT2D eigenvalue weighted by molar-refractivity contribution is -0.385. The van der Waals surface area contributed by atoms with Gasteiger partial charge in [-0.3, -0.25) is 19.5 Å². The first-order valence-electron chi connectivity index (χ1n) is 7.69. The largest absolute Gasteiger partial charge is 0.486 e. The first-order valence-corrected chi connectivity index (χ1v) is 9.56. The van der Waals surface area contributed by atoms with Crippen molar-refractivity contribution < 1.29 is 9.66 Å². The smallest absolute Gasteiger partial charge is 0.310 e. The van der Waals surface area contributed by atoms with Crippen LogP contribution in [-0.4, -0.2) is 26.8 Å². The standard InChI is InChI=1S/C17H15N3O4S2/c1-2-8-19-16(21)12-7-10-25-15(12)18-17(19)26-11-9-24-14-6-4-3-5-13(14)20(22)23/h2-7,10H,1,8-9,11H2. The normalized spacial score (nSPS) is 10.8. The topological polar surface area (TPSA) is 87.3 Å². The number of para-hydroxylation sites is 2. The summed E-state index contributed by atoms with van der Waals surface area (Å²) < 4.78 is 7.09. The zero-order valence-electron chi connectivity index (χ0n) is 13.7. The number of nitro groups is 1. The van der Waals surface area contributed by atoms with Gasteiger partial charge in [0.15, 0.2) is 10.9 Å². The SMILES string of the molecule is C=CCn1c(SCCOc2ccccc2[N+](=O)[O-])nc2sccc2c1=O. The van der Waals surface area contributed by atoms with Crippen LogP contribution >= 0.6 is 23.1 Å². The molecule has 0 spiro atoms. The van der Waals surface area contributed by atoms with Crippen molar-refractivity contribution >= 4 is 39.0 Å². The van der Waals surface area contributed by atoms with Crippen LogP contribution in [0, 0.1) is 10.1 Å². The van der Waals surface area contributed by atoms with Gasteiger partial charge < -0.3 is 4.74 Å². The Morgan fingerprint density at radius 1 is 1.38 bits per heavy atom. The van der Waals surface area contributed by atoms with Crippen molar-refractivity contribution in [1.29, 1.82) is 0 Å². The quantitative estimate of drug-likeness (QED) is 0.146. The zero-order valence-corrected chi connectivity index (χ0v) is 15.3. The van der Waals surface area contributed by atoms with Crippen molar-refractivity contribution in [3.05, 3.63) is 68.8 Å². The Labute approximate surface area is 157 Å². The van der Waals surface area contributed by atoms with Crippen molar-refractivity contribution in [3.8, 4) is 5.75 Å². The van der Waals surface area contributed by atoms with Crippen LogP contribution in [0.1, 0.15) is 0 Å². The molecule has 2 heterocycles. The molecule has 0 atom stereocenters. The molecule has 0 aliphatic carbocycles. The van der Waals surface area contributed by atoms with E-state index in [1.54, 1.807) is 34.9 Å². The third kappa shape index (κ3) is 3.78. The summed E-state index contributed by atoms with van der Waals surface area (Å²) in [6.07, 6.45) is 1.65. The molecule has 0 radical (unpaired) electrons. The van der Waals surface area contributed by atoms with Gasteiger partial charge in [0.1, 0.15) is 4.83 Å². The van der Waals surface area contributed by atoms with Gasteiger partial charge in [0.2, 0.25) is 0 Å². The van der Waals surface area contributed by atoms with Gasteiger partial charge in [-0.25, -0.2) is 4.98 Å². The Bertz CT molecular complexity index is 1010. The van der Waals surface area contributed by atoms with Gasteiger partial charge in [-0.2, -0.15) is 0 Å². The number of allylic oxidation sites excluding steroid dienone is 1. The van der Waals surface area contributed by atoms with E-state index in [0.29, 0.717) is 27.7 Å². The fraction of sp³-hybridized carbons (Fsp3) is 0.176. The van der Waals surface area contributed by atoms with Gasteiger partial charge >= 0.3 is 5.69 Å². The summed E-state index contributed by atoms with van der Waals surface area (Å²) in [5.74, 6) is 0.718. The van der Waals surface area contributed by atoms with E-state index in [9.17, 15) is 14.9 Å². The van der Waals surface area contributed by atoms with Gasteiger partial charge in [-0.1, -0.05) is 30.0 Å². The summed E-state index contributed by atoms with van der Waals surface area (Å²) in [7, 11) is 0. The molecule has 0 N–H and O–H groups in total. The zero-order chi connectivity index (χ0) is 18.5. The highest BCUT2D eigenvalue weighted by Gasteiger charge is 2.14. The fourth-order valence-corrected chi connectivity index (χ4v) is 3.98. The lowest BCUT2D eigenvalue weighted by Gasteiger charge is -2.10. The monoisotopic (exact) mass is 389 g/mol. The third-order valence-corrected chi connectivity index (χ3v) is 5.24. The minimum atomic E-state index is -0.476. The van der Waals surface area contributed by atoms with E-state index < -0.39 is 4.92 Å². The fourth-order valence-electron chi connectivity index (χ4n) is 2.35. The van der Waals surface area contributed by atoms with Gasteiger partial charge in [-0.15, -0.1) is 17.9 Å². The highest BCUT2D eigenvalue weighted by Crippen LogP contribution is 2.26. The Hall–Kier alpha value is -2.65. The Kier molecular flexibility index (Phi) is 5.69. The molecule has 0 saturated carbocycles. The van der Waals surface area contributed by atoms with Gasteiger partial charge in [0, 0.05) is 18.4 Å². The second kappa shape index (κ2) is 8.15. The minimum absolute atomic E-state index is 0.0702. The number of fused-ring (bicyclic) bond motifs is 1. The molecule has 3 aromatic rings. The number of benzene rings is 1. The molecule has 0 aliphatic rings.